The van der Waals surface area contributed by atoms with E-state index >= 15 is 0 Å². The third-order valence-electron chi connectivity index (χ3n) is 2.99. The summed E-state index contributed by atoms with van der Waals surface area (Å²) < 4.78 is 10.4. The van der Waals surface area contributed by atoms with Gasteiger partial charge in [0.25, 0.3) is 5.91 Å². The predicted molar refractivity (Wildman–Crippen MR) is 69.6 cm³/mol. The van der Waals surface area contributed by atoms with Crippen LogP contribution in [-0.2, 0) is 4.79 Å². The van der Waals surface area contributed by atoms with E-state index < -0.39 is 0 Å². The van der Waals surface area contributed by atoms with Crippen LogP contribution < -0.4 is 14.8 Å². The van der Waals surface area contributed by atoms with Crippen molar-refractivity contribution in [2.45, 2.75) is 12.8 Å². The number of amides is 1. The van der Waals surface area contributed by atoms with Crippen LogP contribution in [0.3, 0.4) is 0 Å². The van der Waals surface area contributed by atoms with Crippen molar-refractivity contribution in [2.75, 3.05) is 20.3 Å². The minimum Gasteiger partial charge on any atom is -0.497 e. The summed E-state index contributed by atoms with van der Waals surface area (Å²) in [4.78, 5) is 22.4. The standard InChI is InChI=1S/C14H17NO4/c1-18-12-5-4-11(8-16)13(6-12)19-9-14(17)15-7-10-2-3-10/h4-6,8,10H,2-3,7,9H2,1H3,(H,15,17). The molecule has 0 radical (unpaired) electrons. The van der Waals surface area contributed by atoms with Gasteiger partial charge in [0.15, 0.2) is 12.9 Å². The number of ether oxygens (including phenoxy) is 2. The van der Waals surface area contributed by atoms with Gasteiger partial charge >= 0.3 is 0 Å². The highest BCUT2D eigenvalue weighted by Crippen LogP contribution is 2.27. The van der Waals surface area contributed by atoms with Crippen LogP contribution in [0, 0.1) is 5.92 Å². The van der Waals surface area contributed by atoms with Gasteiger partial charge in [-0.25, -0.2) is 0 Å². The smallest absolute Gasteiger partial charge is 0.257 e. The lowest BCUT2D eigenvalue weighted by molar-refractivity contribution is -0.123. The monoisotopic (exact) mass is 263 g/mol. The Hall–Kier alpha value is -2.04. The quantitative estimate of drug-likeness (QED) is 0.755. The van der Waals surface area contributed by atoms with Gasteiger partial charge in [-0.1, -0.05) is 0 Å². The third-order valence-corrected chi connectivity index (χ3v) is 2.99. The first-order valence-electron chi connectivity index (χ1n) is 6.25. The van der Waals surface area contributed by atoms with E-state index in [-0.39, 0.29) is 12.5 Å². The van der Waals surface area contributed by atoms with Crippen LogP contribution in [-0.4, -0.2) is 32.5 Å². The van der Waals surface area contributed by atoms with Crippen LogP contribution in [0.4, 0.5) is 0 Å². The second kappa shape index (κ2) is 6.22. The third kappa shape index (κ3) is 3.98. The van der Waals surface area contributed by atoms with Gasteiger partial charge in [-0.05, 0) is 30.9 Å². The Labute approximate surface area is 111 Å². The van der Waals surface area contributed by atoms with Crippen molar-refractivity contribution < 1.29 is 19.1 Å². The molecule has 2 rings (SSSR count). The van der Waals surface area contributed by atoms with Gasteiger partial charge in [-0.2, -0.15) is 0 Å². The Morgan fingerprint density at radius 1 is 1.47 bits per heavy atom. The molecule has 5 heteroatoms. The molecule has 0 aromatic heterocycles. The number of methoxy groups -OCH3 is 1. The first-order chi connectivity index (χ1) is 9.22. The summed E-state index contributed by atoms with van der Waals surface area (Å²) in [6.07, 6.45) is 3.06. The van der Waals surface area contributed by atoms with Crippen LogP contribution in [0.5, 0.6) is 11.5 Å². The highest BCUT2D eigenvalue weighted by atomic mass is 16.5. The van der Waals surface area contributed by atoms with E-state index in [4.69, 9.17) is 9.47 Å². The second-order valence-corrected chi connectivity index (χ2v) is 4.56. The highest BCUT2D eigenvalue weighted by Gasteiger charge is 2.21. The van der Waals surface area contributed by atoms with Crippen molar-refractivity contribution in [2.24, 2.45) is 5.92 Å². The summed E-state index contributed by atoms with van der Waals surface area (Å²) in [6.45, 7) is 0.613. The van der Waals surface area contributed by atoms with Gasteiger partial charge in [-0.3, -0.25) is 9.59 Å². The first-order valence-corrected chi connectivity index (χ1v) is 6.25. The van der Waals surface area contributed by atoms with E-state index in [1.54, 1.807) is 18.2 Å². The molecule has 0 spiro atoms. The summed E-state index contributed by atoms with van der Waals surface area (Å²) in [6, 6.07) is 4.87. The average molecular weight is 263 g/mol. The van der Waals surface area contributed by atoms with Gasteiger partial charge in [0.05, 0.1) is 12.7 Å². The zero-order valence-corrected chi connectivity index (χ0v) is 10.8. The zero-order chi connectivity index (χ0) is 13.7. The number of nitrogens with one attached hydrogen (secondary N) is 1. The Bertz CT molecular complexity index is 469. The van der Waals surface area contributed by atoms with Crippen molar-refractivity contribution in [1.82, 2.24) is 5.32 Å². The molecule has 19 heavy (non-hydrogen) atoms. The molecule has 1 aromatic rings. The molecule has 1 amide bonds. The Balaban J connectivity index is 1.89. The van der Waals surface area contributed by atoms with E-state index in [1.807, 2.05) is 0 Å². The second-order valence-electron chi connectivity index (χ2n) is 4.56. The normalized spacial score (nSPS) is 13.7. The van der Waals surface area contributed by atoms with Crippen LogP contribution in [0.2, 0.25) is 0 Å². The molecule has 0 aliphatic heterocycles. The van der Waals surface area contributed by atoms with E-state index in [0.717, 1.165) is 0 Å². The molecule has 5 nitrogen and oxygen atoms in total. The van der Waals surface area contributed by atoms with E-state index in [9.17, 15) is 9.59 Å². The van der Waals surface area contributed by atoms with Gasteiger partial charge in [0.1, 0.15) is 11.5 Å². The lowest BCUT2D eigenvalue weighted by Gasteiger charge is -2.10. The maximum Gasteiger partial charge on any atom is 0.257 e. The highest BCUT2D eigenvalue weighted by molar-refractivity contribution is 5.81. The Kier molecular flexibility index (Phi) is 4.39. The van der Waals surface area contributed by atoms with Gasteiger partial charge in [0.2, 0.25) is 0 Å². The molecular formula is C14H17NO4. The summed E-state index contributed by atoms with van der Waals surface area (Å²) in [5.74, 6) is 1.40. The molecule has 1 aliphatic carbocycles. The summed E-state index contributed by atoms with van der Waals surface area (Å²) in [5.41, 5.74) is 0.399. The molecule has 0 bridgehead atoms. The predicted octanol–water partition coefficient (Wildman–Crippen LogP) is 1.41. The molecule has 1 aliphatic rings. The molecule has 1 fully saturated rings. The lowest BCUT2D eigenvalue weighted by atomic mass is 10.2. The molecule has 0 saturated heterocycles. The Morgan fingerprint density at radius 3 is 2.89 bits per heavy atom. The fourth-order valence-electron chi connectivity index (χ4n) is 1.64. The minimum atomic E-state index is -0.174. The molecule has 102 valence electrons. The van der Waals surface area contributed by atoms with Crippen LogP contribution in [0.15, 0.2) is 18.2 Å². The molecule has 0 atom stereocenters. The maximum atomic E-state index is 11.5. The van der Waals surface area contributed by atoms with Crippen molar-refractivity contribution >= 4 is 12.2 Å². The lowest BCUT2D eigenvalue weighted by Crippen LogP contribution is -2.30. The van der Waals surface area contributed by atoms with Crippen molar-refractivity contribution in [3.8, 4) is 11.5 Å². The van der Waals surface area contributed by atoms with Gasteiger partial charge < -0.3 is 14.8 Å². The molecule has 0 unspecified atom stereocenters. The van der Waals surface area contributed by atoms with Crippen LogP contribution >= 0.6 is 0 Å². The zero-order valence-electron chi connectivity index (χ0n) is 10.8. The minimum absolute atomic E-state index is 0.0965. The van der Waals surface area contributed by atoms with Crippen LogP contribution in [0.1, 0.15) is 23.2 Å². The summed E-state index contributed by atoms with van der Waals surface area (Å²) in [5, 5.41) is 2.80. The molecule has 1 saturated carbocycles. The number of rotatable bonds is 7. The largest absolute Gasteiger partial charge is 0.497 e. The number of carbonyl (C=O) groups excluding carboxylic acids is 2. The molecule has 1 aromatic carbocycles. The average Bonchev–Trinajstić information content (AvgIpc) is 3.26. The fourth-order valence-corrected chi connectivity index (χ4v) is 1.64. The number of hydrogen-bond donors (Lipinski definition) is 1. The number of aldehydes is 1. The van der Waals surface area contributed by atoms with Crippen molar-refractivity contribution in [1.29, 1.82) is 0 Å². The molecule has 1 N–H and O–H groups in total. The van der Waals surface area contributed by atoms with E-state index in [1.165, 1.54) is 20.0 Å². The summed E-state index contributed by atoms with van der Waals surface area (Å²) in [7, 11) is 1.53. The van der Waals surface area contributed by atoms with Crippen LogP contribution in [0.25, 0.3) is 0 Å². The summed E-state index contributed by atoms with van der Waals surface area (Å²) >= 11 is 0. The Morgan fingerprint density at radius 2 is 2.26 bits per heavy atom. The SMILES string of the molecule is COc1ccc(C=O)c(OCC(=O)NCC2CC2)c1. The topological polar surface area (TPSA) is 64.6 Å². The van der Waals surface area contributed by atoms with Crippen molar-refractivity contribution in [3.63, 3.8) is 0 Å². The van der Waals surface area contributed by atoms with Gasteiger partial charge in [0, 0.05) is 12.6 Å². The first kappa shape index (κ1) is 13.4. The number of benzene rings is 1. The van der Waals surface area contributed by atoms with E-state index in [2.05, 4.69) is 5.32 Å². The van der Waals surface area contributed by atoms with Gasteiger partial charge in [-0.15, -0.1) is 0 Å². The fraction of sp³-hybridized carbons (Fsp3) is 0.429. The number of carbonyl (C=O) groups is 2. The van der Waals surface area contributed by atoms with Crippen molar-refractivity contribution in [3.05, 3.63) is 23.8 Å². The number of hydrogen-bond acceptors (Lipinski definition) is 4. The maximum absolute atomic E-state index is 11.5. The molecule has 0 heterocycles. The van der Waals surface area contributed by atoms with E-state index in [0.29, 0.717) is 35.8 Å². The molecular weight excluding hydrogens is 246 g/mol.